The Morgan fingerprint density at radius 1 is 1.53 bits per heavy atom. The first-order valence-electron chi connectivity index (χ1n) is 5.27. The van der Waals surface area contributed by atoms with Crippen LogP contribution in [0.2, 0.25) is 0 Å². The van der Waals surface area contributed by atoms with Gasteiger partial charge in [-0.2, -0.15) is 0 Å². The molecule has 0 saturated carbocycles. The van der Waals surface area contributed by atoms with E-state index < -0.39 is 27.9 Å². The molecular formula is C10H14N2O5S2. The second-order valence-electron chi connectivity index (χ2n) is 4.07. The minimum Gasteiger partial charge on any atom is -0.477 e. The van der Waals surface area contributed by atoms with Crippen LogP contribution in [0.3, 0.4) is 0 Å². The maximum atomic E-state index is 12.1. The van der Waals surface area contributed by atoms with Crippen molar-refractivity contribution in [3.8, 4) is 0 Å². The number of aryl methyl sites for hydroxylation is 1. The Hall–Kier alpha value is -1.45. The molecule has 0 aliphatic heterocycles. The van der Waals surface area contributed by atoms with E-state index in [1.807, 2.05) is 0 Å². The highest BCUT2D eigenvalue weighted by Gasteiger charge is 2.28. The van der Waals surface area contributed by atoms with Gasteiger partial charge in [-0.3, -0.25) is 4.79 Å². The molecule has 1 amide bonds. The molecule has 4 N–H and O–H groups in total. The second kappa shape index (κ2) is 5.68. The van der Waals surface area contributed by atoms with Gasteiger partial charge < -0.3 is 10.8 Å². The quantitative estimate of drug-likeness (QED) is 0.696. The summed E-state index contributed by atoms with van der Waals surface area (Å²) in [6.07, 6.45) is -0.162. The summed E-state index contributed by atoms with van der Waals surface area (Å²) in [5.74, 6) is -1.95. The molecule has 1 aromatic heterocycles. The molecule has 0 radical (unpaired) electrons. The van der Waals surface area contributed by atoms with Crippen LogP contribution in [0.25, 0.3) is 0 Å². The van der Waals surface area contributed by atoms with Crippen LogP contribution in [-0.2, 0) is 14.8 Å². The van der Waals surface area contributed by atoms with Crippen LogP contribution >= 0.6 is 11.3 Å². The lowest BCUT2D eigenvalue weighted by atomic mass is 10.2. The third kappa shape index (κ3) is 3.75. The number of carbonyl (C=O) groups is 2. The predicted molar refractivity (Wildman–Crippen MR) is 69.6 cm³/mol. The van der Waals surface area contributed by atoms with Crippen LogP contribution in [0.5, 0.6) is 0 Å². The van der Waals surface area contributed by atoms with Crippen LogP contribution < -0.4 is 10.5 Å². The molecule has 1 aromatic rings. The molecule has 1 atom stereocenters. The molecule has 1 rings (SSSR count). The molecule has 7 nitrogen and oxygen atoms in total. The smallest absolute Gasteiger partial charge is 0.347 e. The third-order valence-corrected chi connectivity index (χ3v) is 5.24. The Kier molecular flexibility index (Phi) is 4.66. The predicted octanol–water partition coefficient (Wildman–Crippen LogP) is 0.297. The zero-order valence-corrected chi connectivity index (χ0v) is 12.0. The van der Waals surface area contributed by atoms with E-state index in [1.54, 1.807) is 0 Å². The van der Waals surface area contributed by atoms with Crippen molar-refractivity contribution in [3.63, 3.8) is 0 Å². The molecule has 0 spiro atoms. The number of nitrogens with one attached hydrogen (secondary N) is 1. The van der Waals surface area contributed by atoms with E-state index in [0.29, 0.717) is 5.56 Å². The monoisotopic (exact) mass is 306 g/mol. The third-order valence-electron chi connectivity index (χ3n) is 2.24. The molecule has 19 heavy (non-hydrogen) atoms. The summed E-state index contributed by atoms with van der Waals surface area (Å²) in [5, 5.41) is 10.4. The average molecular weight is 306 g/mol. The van der Waals surface area contributed by atoms with Gasteiger partial charge in [-0.1, -0.05) is 0 Å². The summed E-state index contributed by atoms with van der Waals surface area (Å²) >= 11 is 0.842. The van der Waals surface area contributed by atoms with Crippen molar-refractivity contribution in [2.75, 3.05) is 0 Å². The lowest BCUT2D eigenvalue weighted by Gasteiger charge is -2.13. The number of hydrogen-bond acceptors (Lipinski definition) is 5. The lowest BCUT2D eigenvalue weighted by Crippen LogP contribution is -2.36. The number of primary amides is 1. The number of aromatic carboxylic acids is 1. The summed E-state index contributed by atoms with van der Waals surface area (Å²) in [5.41, 5.74) is 5.32. The van der Waals surface area contributed by atoms with Gasteiger partial charge in [-0.25, -0.2) is 17.9 Å². The molecule has 1 heterocycles. The van der Waals surface area contributed by atoms with Gasteiger partial charge >= 0.3 is 5.97 Å². The number of thiophene rings is 1. The Morgan fingerprint density at radius 3 is 2.58 bits per heavy atom. The zero-order valence-electron chi connectivity index (χ0n) is 10.3. The fourth-order valence-corrected chi connectivity index (χ4v) is 4.46. The van der Waals surface area contributed by atoms with Gasteiger partial charge in [0.15, 0.2) is 0 Å². The van der Waals surface area contributed by atoms with Crippen LogP contribution in [-0.4, -0.2) is 31.4 Å². The van der Waals surface area contributed by atoms with E-state index in [4.69, 9.17) is 10.8 Å². The van der Waals surface area contributed by atoms with Gasteiger partial charge in [0.25, 0.3) is 0 Å². The van der Waals surface area contributed by atoms with Gasteiger partial charge in [0, 0.05) is 12.5 Å². The number of nitrogens with two attached hydrogens (primary N) is 1. The first kappa shape index (κ1) is 15.6. The standard InChI is InChI=1S/C10H14N2O5S2/c1-5-4-18-8(10(14)15)9(5)19(16,17)12-6(2)3-7(11)13/h4,6,12H,3H2,1-2H3,(H2,11,13)(H,14,15). The van der Waals surface area contributed by atoms with Crippen molar-refractivity contribution in [1.82, 2.24) is 4.72 Å². The second-order valence-corrected chi connectivity index (χ2v) is 6.61. The highest BCUT2D eigenvalue weighted by atomic mass is 32.2. The summed E-state index contributed by atoms with van der Waals surface area (Å²) in [6.45, 7) is 2.99. The molecule has 0 saturated heterocycles. The van der Waals surface area contributed by atoms with Crippen molar-refractivity contribution < 1.29 is 23.1 Å². The van der Waals surface area contributed by atoms with Crippen molar-refractivity contribution in [2.45, 2.75) is 31.2 Å². The highest BCUT2D eigenvalue weighted by Crippen LogP contribution is 2.27. The Balaban J connectivity index is 3.11. The Bertz CT molecular complexity index is 605. The van der Waals surface area contributed by atoms with Crippen molar-refractivity contribution >= 4 is 33.2 Å². The van der Waals surface area contributed by atoms with Crippen LogP contribution in [0, 0.1) is 6.92 Å². The summed E-state index contributed by atoms with van der Waals surface area (Å²) < 4.78 is 26.5. The van der Waals surface area contributed by atoms with Crippen LogP contribution in [0.4, 0.5) is 0 Å². The van der Waals surface area contributed by atoms with E-state index in [1.165, 1.54) is 19.2 Å². The molecular weight excluding hydrogens is 292 g/mol. The van der Waals surface area contributed by atoms with E-state index in [9.17, 15) is 18.0 Å². The molecule has 106 valence electrons. The molecule has 0 aromatic carbocycles. The largest absolute Gasteiger partial charge is 0.477 e. The van der Waals surface area contributed by atoms with Crippen molar-refractivity contribution in [2.24, 2.45) is 5.73 Å². The van der Waals surface area contributed by atoms with Crippen molar-refractivity contribution in [1.29, 1.82) is 0 Å². The first-order valence-corrected chi connectivity index (χ1v) is 7.63. The van der Waals surface area contributed by atoms with E-state index in [-0.39, 0.29) is 16.2 Å². The number of carbonyl (C=O) groups excluding carboxylic acids is 1. The van der Waals surface area contributed by atoms with Gasteiger partial charge in [-0.15, -0.1) is 11.3 Å². The minimum atomic E-state index is -4.00. The molecule has 0 fully saturated rings. The van der Waals surface area contributed by atoms with Crippen LogP contribution in [0.1, 0.15) is 28.6 Å². The molecule has 1 unspecified atom stereocenters. The number of carboxylic acids is 1. The molecule has 9 heteroatoms. The zero-order chi connectivity index (χ0) is 14.8. The van der Waals surface area contributed by atoms with Gasteiger partial charge in [-0.05, 0) is 24.8 Å². The highest BCUT2D eigenvalue weighted by molar-refractivity contribution is 7.89. The number of rotatable bonds is 6. The van der Waals surface area contributed by atoms with E-state index >= 15 is 0 Å². The number of sulfonamides is 1. The minimum absolute atomic E-state index is 0.162. The summed E-state index contributed by atoms with van der Waals surface area (Å²) in [6, 6.07) is -0.705. The molecule has 0 aliphatic carbocycles. The fraction of sp³-hybridized carbons (Fsp3) is 0.400. The number of hydrogen-bond donors (Lipinski definition) is 3. The SMILES string of the molecule is Cc1csc(C(=O)O)c1S(=O)(=O)NC(C)CC(N)=O. The fourth-order valence-electron chi connectivity index (χ4n) is 1.58. The van der Waals surface area contributed by atoms with Crippen LogP contribution in [0.15, 0.2) is 10.3 Å². The molecule has 0 aliphatic rings. The molecule has 0 bridgehead atoms. The maximum absolute atomic E-state index is 12.1. The van der Waals surface area contributed by atoms with Gasteiger partial charge in [0.1, 0.15) is 9.77 Å². The summed E-state index contributed by atoms with van der Waals surface area (Å²) in [4.78, 5) is 21.2. The maximum Gasteiger partial charge on any atom is 0.347 e. The summed E-state index contributed by atoms with van der Waals surface area (Å²) in [7, 11) is -4.00. The van der Waals surface area contributed by atoms with E-state index in [2.05, 4.69) is 4.72 Å². The van der Waals surface area contributed by atoms with E-state index in [0.717, 1.165) is 11.3 Å². The Labute approximate surface area is 114 Å². The number of amides is 1. The van der Waals surface area contributed by atoms with Gasteiger partial charge in [0.05, 0.1) is 0 Å². The topological polar surface area (TPSA) is 127 Å². The van der Waals surface area contributed by atoms with Crippen molar-refractivity contribution in [3.05, 3.63) is 15.8 Å². The average Bonchev–Trinajstić information content (AvgIpc) is 2.58. The lowest BCUT2D eigenvalue weighted by molar-refractivity contribution is -0.118. The first-order chi connectivity index (χ1) is 8.65. The normalized spacial score (nSPS) is 13.2. The Morgan fingerprint density at radius 2 is 2.11 bits per heavy atom. The number of carboxylic acid groups (broad SMARTS) is 1. The van der Waals surface area contributed by atoms with Gasteiger partial charge in [0.2, 0.25) is 15.9 Å².